The number of nitrogens with zero attached hydrogens (tertiary/aromatic N) is 4. The van der Waals surface area contributed by atoms with Crippen molar-refractivity contribution in [3.8, 4) is 67.5 Å². The first-order valence-electron chi connectivity index (χ1n) is 15.3. The van der Waals surface area contributed by atoms with Gasteiger partial charge in [-0.1, -0.05) is 133 Å². The molecule has 6 aromatic carbocycles. The lowest BCUT2D eigenvalue weighted by molar-refractivity contribution is 1.07. The Kier molecular flexibility index (Phi) is 7.14. The summed E-state index contributed by atoms with van der Waals surface area (Å²) in [5.41, 5.74) is 9.67. The van der Waals surface area contributed by atoms with E-state index in [-0.39, 0.29) is 0 Å². The van der Waals surface area contributed by atoms with Gasteiger partial charge in [0.1, 0.15) is 0 Å². The Bertz CT molecular complexity index is 2220. The molecule has 8 aromatic rings. The topological polar surface area (TPSA) is 51.6 Å². The first kappa shape index (κ1) is 27.3. The van der Waals surface area contributed by atoms with Gasteiger partial charge in [-0.15, -0.1) is 0 Å². The van der Waals surface area contributed by atoms with Gasteiger partial charge in [0.05, 0.1) is 0 Å². The molecule has 0 saturated carbocycles. The minimum absolute atomic E-state index is 0.640. The van der Waals surface area contributed by atoms with Crippen LogP contribution in [0.5, 0.6) is 0 Å². The number of benzene rings is 6. The first-order chi connectivity index (χ1) is 22.8. The van der Waals surface area contributed by atoms with Gasteiger partial charge in [-0.05, 0) is 68.4 Å². The average Bonchev–Trinajstić information content (AvgIpc) is 3.15. The second kappa shape index (κ2) is 12.0. The van der Waals surface area contributed by atoms with E-state index in [9.17, 15) is 0 Å². The van der Waals surface area contributed by atoms with Crippen LogP contribution >= 0.6 is 0 Å². The molecule has 0 aliphatic rings. The van der Waals surface area contributed by atoms with E-state index in [1.54, 1.807) is 6.20 Å². The van der Waals surface area contributed by atoms with E-state index in [2.05, 4.69) is 96.0 Å². The molecule has 2 aromatic heterocycles. The van der Waals surface area contributed by atoms with Gasteiger partial charge in [-0.3, -0.25) is 4.98 Å². The van der Waals surface area contributed by atoms with E-state index in [1.807, 2.05) is 72.9 Å². The van der Waals surface area contributed by atoms with Crippen LogP contribution in [-0.4, -0.2) is 19.9 Å². The van der Waals surface area contributed by atoms with Gasteiger partial charge in [0, 0.05) is 29.1 Å². The largest absolute Gasteiger partial charge is 0.264 e. The molecule has 4 nitrogen and oxygen atoms in total. The van der Waals surface area contributed by atoms with Crippen LogP contribution in [0.4, 0.5) is 0 Å². The third-order valence-corrected chi connectivity index (χ3v) is 8.21. The zero-order chi connectivity index (χ0) is 30.7. The molecule has 0 fully saturated rings. The van der Waals surface area contributed by atoms with Gasteiger partial charge >= 0.3 is 0 Å². The number of hydrogen-bond acceptors (Lipinski definition) is 4. The molecule has 216 valence electrons. The van der Waals surface area contributed by atoms with Gasteiger partial charge in [-0.25, -0.2) is 15.0 Å². The van der Waals surface area contributed by atoms with E-state index >= 15 is 0 Å². The van der Waals surface area contributed by atoms with Gasteiger partial charge in [-0.2, -0.15) is 0 Å². The summed E-state index contributed by atoms with van der Waals surface area (Å²) in [5, 5.41) is 2.41. The molecule has 2 heterocycles. The van der Waals surface area contributed by atoms with Crippen LogP contribution < -0.4 is 0 Å². The summed E-state index contributed by atoms with van der Waals surface area (Å²) in [7, 11) is 0. The van der Waals surface area contributed by atoms with Crippen LogP contribution in [-0.2, 0) is 0 Å². The summed E-state index contributed by atoms with van der Waals surface area (Å²) in [5.74, 6) is 1.94. The predicted octanol–water partition coefficient (Wildman–Crippen LogP) is 10.4. The monoisotopic (exact) mass is 588 g/mol. The highest BCUT2D eigenvalue weighted by atomic mass is 15.0. The fraction of sp³-hybridized carbons (Fsp3) is 0. The van der Waals surface area contributed by atoms with Crippen molar-refractivity contribution in [1.82, 2.24) is 19.9 Å². The van der Waals surface area contributed by atoms with E-state index in [0.717, 1.165) is 38.9 Å². The zero-order valence-corrected chi connectivity index (χ0v) is 25.0. The summed E-state index contributed by atoms with van der Waals surface area (Å²) in [6.45, 7) is 0. The van der Waals surface area contributed by atoms with E-state index in [1.165, 1.54) is 21.9 Å². The summed E-state index contributed by atoms with van der Waals surface area (Å²) >= 11 is 0. The third kappa shape index (κ3) is 5.44. The number of hydrogen-bond donors (Lipinski definition) is 0. The smallest absolute Gasteiger partial charge is 0.164 e. The highest BCUT2D eigenvalue weighted by molar-refractivity contribution is 6.00. The molecule has 0 aliphatic carbocycles. The SMILES string of the molecule is c1ccc(-c2nc(-c3ccccc3)nc(-c3cccc(-c4cc(-c5ccc(-c6cccnc6)cc5)c5ccccc5c4)c3)n2)cc1. The second-order valence-electron chi connectivity index (χ2n) is 11.2. The molecule has 0 aliphatic heterocycles. The van der Waals surface area contributed by atoms with Gasteiger partial charge in [0.2, 0.25) is 0 Å². The number of fused-ring (bicyclic) bond motifs is 1. The highest BCUT2D eigenvalue weighted by Gasteiger charge is 2.14. The minimum atomic E-state index is 0.640. The van der Waals surface area contributed by atoms with Gasteiger partial charge in [0.25, 0.3) is 0 Å². The number of aromatic nitrogens is 4. The van der Waals surface area contributed by atoms with Crippen molar-refractivity contribution < 1.29 is 0 Å². The van der Waals surface area contributed by atoms with Crippen molar-refractivity contribution in [3.05, 3.63) is 170 Å². The third-order valence-electron chi connectivity index (χ3n) is 8.21. The molecule has 0 atom stereocenters. The Labute approximate surface area is 267 Å². The molecule has 0 radical (unpaired) electrons. The molecule has 46 heavy (non-hydrogen) atoms. The van der Waals surface area contributed by atoms with Crippen molar-refractivity contribution in [2.45, 2.75) is 0 Å². The van der Waals surface area contributed by atoms with Crippen molar-refractivity contribution in [2.24, 2.45) is 0 Å². The molecular formula is C42H28N4. The molecule has 0 bridgehead atoms. The molecule has 4 heteroatoms. The Morgan fingerprint density at radius 2 is 0.891 bits per heavy atom. The average molecular weight is 589 g/mol. The molecule has 0 N–H and O–H groups in total. The highest BCUT2D eigenvalue weighted by Crippen LogP contribution is 2.36. The fourth-order valence-electron chi connectivity index (χ4n) is 5.87. The van der Waals surface area contributed by atoms with Crippen LogP contribution in [0.25, 0.3) is 78.3 Å². The van der Waals surface area contributed by atoms with Crippen LogP contribution in [0, 0.1) is 0 Å². The lowest BCUT2D eigenvalue weighted by Crippen LogP contribution is -2.00. The Morgan fingerprint density at radius 3 is 1.57 bits per heavy atom. The van der Waals surface area contributed by atoms with E-state index in [4.69, 9.17) is 15.0 Å². The molecule has 0 saturated heterocycles. The Morgan fingerprint density at radius 1 is 0.326 bits per heavy atom. The van der Waals surface area contributed by atoms with Crippen molar-refractivity contribution >= 4 is 10.8 Å². The molecular weight excluding hydrogens is 560 g/mol. The summed E-state index contributed by atoms with van der Waals surface area (Å²) < 4.78 is 0. The maximum atomic E-state index is 4.96. The van der Waals surface area contributed by atoms with Crippen LogP contribution in [0.3, 0.4) is 0 Å². The number of rotatable bonds is 6. The molecule has 0 amide bonds. The normalized spacial score (nSPS) is 11.0. The summed E-state index contributed by atoms with van der Waals surface area (Å²) in [6, 6.07) is 54.6. The minimum Gasteiger partial charge on any atom is -0.264 e. The summed E-state index contributed by atoms with van der Waals surface area (Å²) in [4.78, 5) is 19.1. The molecule has 0 unspecified atom stereocenters. The van der Waals surface area contributed by atoms with Gasteiger partial charge in [0.15, 0.2) is 17.5 Å². The van der Waals surface area contributed by atoms with Crippen molar-refractivity contribution in [1.29, 1.82) is 0 Å². The maximum Gasteiger partial charge on any atom is 0.164 e. The summed E-state index contributed by atoms with van der Waals surface area (Å²) in [6.07, 6.45) is 3.70. The van der Waals surface area contributed by atoms with Gasteiger partial charge < -0.3 is 0 Å². The van der Waals surface area contributed by atoms with E-state index < -0.39 is 0 Å². The quantitative estimate of drug-likeness (QED) is 0.194. The fourth-order valence-corrected chi connectivity index (χ4v) is 5.87. The van der Waals surface area contributed by atoms with Crippen LogP contribution in [0.15, 0.2) is 170 Å². The van der Waals surface area contributed by atoms with Crippen LogP contribution in [0.1, 0.15) is 0 Å². The Hall–Kier alpha value is -6.26. The van der Waals surface area contributed by atoms with E-state index in [0.29, 0.717) is 17.5 Å². The van der Waals surface area contributed by atoms with Crippen molar-refractivity contribution in [2.75, 3.05) is 0 Å². The Balaban J connectivity index is 1.23. The second-order valence-corrected chi connectivity index (χ2v) is 11.2. The number of pyridine rings is 1. The maximum absolute atomic E-state index is 4.96. The molecule has 0 spiro atoms. The predicted molar refractivity (Wildman–Crippen MR) is 188 cm³/mol. The molecule has 8 rings (SSSR count). The van der Waals surface area contributed by atoms with Crippen molar-refractivity contribution in [3.63, 3.8) is 0 Å². The zero-order valence-electron chi connectivity index (χ0n) is 25.0. The first-order valence-corrected chi connectivity index (χ1v) is 15.3. The van der Waals surface area contributed by atoms with Crippen LogP contribution in [0.2, 0.25) is 0 Å². The lowest BCUT2D eigenvalue weighted by Gasteiger charge is -2.13. The standard InChI is InChI=1S/C42H28N4/c1-3-11-31(12-4-1)40-44-41(32-13-5-2-6-14-32)46-42(45-40)35-17-9-16-33(25-35)37-26-34-15-7-8-19-38(34)39(27-37)30-22-20-29(21-23-30)36-18-10-24-43-28-36/h1-28H. The lowest BCUT2D eigenvalue weighted by atomic mass is 9.92.